The Morgan fingerprint density at radius 1 is 0.919 bits per heavy atom. The number of nitrogens with zero attached hydrogens (tertiary/aromatic N) is 6. The van der Waals surface area contributed by atoms with Crippen LogP contribution in [0.25, 0.3) is 0 Å². The number of imide groups is 1. The first-order valence-corrected chi connectivity index (χ1v) is 11.8. The Balaban J connectivity index is 1.26. The Morgan fingerprint density at radius 3 is 2.38 bits per heavy atom. The predicted octanol–water partition coefficient (Wildman–Crippen LogP) is 3.50. The van der Waals surface area contributed by atoms with Gasteiger partial charge in [0, 0.05) is 6.42 Å². The van der Waals surface area contributed by atoms with E-state index in [1.165, 1.54) is 28.2 Å². The highest BCUT2D eigenvalue weighted by atomic mass is 19.1. The molecule has 3 atom stereocenters. The summed E-state index contributed by atoms with van der Waals surface area (Å²) in [7, 11) is 0. The molecule has 3 heterocycles. The first-order chi connectivity index (χ1) is 18.0. The number of hydrazone groups is 1. The van der Waals surface area contributed by atoms with Crippen LogP contribution in [-0.4, -0.2) is 52.1 Å². The number of amides is 3. The van der Waals surface area contributed by atoms with Gasteiger partial charge in [-0.05, 0) is 29.3 Å². The van der Waals surface area contributed by atoms with Crippen molar-refractivity contribution in [3.8, 4) is 0 Å². The molecule has 37 heavy (non-hydrogen) atoms. The lowest BCUT2D eigenvalue weighted by Crippen LogP contribution is -2.44. The van der Waals surface area contributed by atoms with Gasteiger partial charge in [-0.1, -0.05) is 72.0 Å². The standard InChI is InChI=1S/C27H21FN6O3/c28-19-12-7-13-20(14-19)33-26(36)24-25(27(33)37)32(31-29-24)16-23(35)34-22(18-10-5-2-6-11-18)15-21(30-34)17-8-3-1-4-9-17/h1-14,22,24-25H,15-16H2/t22-,24-,25-/m1/s1. The number of benzene rings is 3. The first-order valence-electron chi connectivity index (χ1n) is 11.8. The highest BCUT2D eigenvalue weighted by Gasteiger charge is 2.55. The molecule has 0 aliphatic carbocycles. The number of fused-ring (bicyclic) bond motifs is 1. The average Bonchev–Trinajstić information content (AvgIpc) is 3.61. The fourth-order valence-electron chi connectivity index (χ4n) is 4.91. The molecule has 184 valence electrons. The molecule has 0 aromatic heterocycles. The van der Waals surface area contributed by atoms with E-state index < -0.39 is 29.7 Å². The minimum Gasteiger partial charge on any atom is -0.271 e. The van der Waals surface area contributed by atoms with Crippen LogP contribution in [0.15, 0.2) is 100 Å². The van der Waals surface area contributed by atoms with Crippen LogP contribution >= 0.6 is 0 Å². The molecule has 0 spiro atoms. The molecule has 0 radical (unpaired) electrons. The van der Waals surface area contributed by atoms with Gasteiger partial charge < -0.3 is 0 Å². The molecule has 9 nitrogen and oxygen atoms in total. The van der Waals surface area contributed by atoms with Crippen molar-refractivity contribution >= 4 is 29.1 Å². The van der Waals surface area contributed by atoms with Gasteiger partial charge in [0.05, 0.1) is 17.4 Å². The van der Waals surface area contributed by atoms with Gasteiger partial charge in [0.25, 0.3) is 17.7 Å². The third kappa shape index (κ3) is 3.96. The molecular weight excluding hydrogens is 475 g/mol. The van der Waals surface area contributed by atoms with Crippen molar-refractivity contribution in [3.63, 3.8) is 0 Å². The average molecular weight is 497 g/mol. The van der Waals surface area contributed by atoms with Crippen molar-refractivity contribution < 1.29 is 18.8 Å². The first kappa shape index (κ1) is 22.7. The molecule has 6 rings (SSSR count). The summed E-state index contributed by atoms with van der Waals surface area (Å²) < 4.78 is 13.8. The van der Waals surface area contributed by atoms with Crippen LogP contribution < -0.4 is 4.90 Å². The van der Waals surface area contributed by atoms with E-state index in [9.17, 15) is 18.8 Å². The number of rotatable bonds is 5. The third-order valence-electron chi connectivity index (χ3n) is 6.68. The van der Waals surface area contributed by atoms with E-state index in [-0.39, 0.29) is 24.2 Å². The van der Waals surface area contributed by atoms with Gasteiger partial charge in [-0.15, -0.1) is 0 Å². The lowest BCUT2D eigenvalue weighted by atomic mass is 9.98. The molecule has 3 aromatic rings. The van der Waals surface area contributed by atoms with Gasteiger partial charge >= 0.3 is 0 Å². The monoisotopic (exact) mass is 496 g/mol. The summed E-state index contributed by atoms with van der Waals surface area (Å²) in [5, 5.41) is 15.2. The molecule has 0 N–H and O–H groups in total. The summed E-state index contributed by atoms with van der Waals surface area (Å²) in [4.78, 5) is 40.6. The highest BCUT2D eigenvalue weighted by Crippen LogP contribution is 2.35. The van der Waals surface area contributed by atoms with Gasteiger partial charge in [0.1, 0.15) is 12.4 Å². The highest BCUT2D eigenvalue weighted by molar-refractivity contribution is 6.25. The Hall–Kier alpha value is -4.73. The maximum atomic E-state index is 13.8. The lowest BCUT2D eigenvalue weighted by molar-refractivity contribution is -0.135. The second-order valence-corrected chi connectivity index (χ2v) is 8.97. The summed E-state index contributed by atoms with van der Waals surface area (Å²) in [5.74, 6) is -2.17. The Morgan fingerprint density at radius 2 is 1.65 bits per heavy atom. The van der Waals surface area contributed by atoms with Gasteiger partial charge in [0.15, 0.2) is 12.1 Å². The van der Waals surface area contributed by atoms with Gasteiger partial charge in [-0.2, -0.15) is 10.2 Å². The largest absolute Gasteiger partial charge is 0.271 e. The summed E-state index contributed by atoms with van der Waals surface area (Å²) in [6.07, 6.45) is 0.526. The Kier molecular flexibility index (Phi) is 5.56. The predicted molar refractivity (Wildman–Crippen MR) is 132 cm³/mol. The lowest BCUT2D eigenvalue weighted by Gasteiger charge is -2.25. The molecule has 1 saturated heterocycles. The van der Waals surface area contributed by atoms with Crippen molar-refractivity contribution in [2.45, 2.75) is 24.5 Å². The van der Waals surface area contributed by atoms with Gasteiger partial charge in [-0.25, -0.2) is 14.3 Å². The van der Waals surface area contributed by atoms with Crippen LogP contribution in [0.3, 0.4) is 0 Å². The number of hydrogen-bond acceptors (Lipinski definition) is 7. The number of carbonyl (C=O) groups excluding carboxylic acids is 3. The van der Waals surface area contributed by atoms with Crippen LogP contribution in [-0.2, 0) is 14.4 Å². The molecule has 0 unspecified atom stereocenters. The Labute approximate surface area is 211 Å². The summed E-state index contributed by atoms with van der Waals surface area (Å²) in [5.41, 5.74) is 2.73. The molecular formula is C27H21FN6O3. The van der Waals surface area contributed by atoms with E-state index in [1.54, 1.807) is 0 Å². The molecule has 0 bridgehead atoms. The summed E-state index contributed by atoms with van der Waals surface area (Å²) in [6.45, 7) is -0.296. The van der Waals surface area contributed by atoms with Gasteiger partial charge in [-0.3, -0.25) is 19.4 Å². The molecule has 0 saturated carbocycles. The SMILES string of the molecule is O=C1[C@@H]2N=NN(CC(=O)N3N=C(c4ccccc4)C[C@@H]3c3ccccc3)[C@H]2C(=O)N1c1cccc(F)c1. The van der Waals surface area contributed by atoms with Crippen LogP contribution in [0, 0.1) is 5.82 Å². The van der Waals surface area contributed by atoms with Crippen molar-refractivity contribution in [1.29, 1.82) is 0 Å². The summed E-state index contributed by atoms with van der Waals surface area (Å²) >= 11 is 0. The number of halogens is 1. The number of carbonyl (C=O) groups is 3. The van der Waals surface area contributed by atoms with Crippen LogP contribution in [0.1, 0.15) is 23.6 Å². The topological polar surface area (TPSA) is 98.0 Å². The third-order valence-corrected chi connectivity index (χ3v) is 6.68. The van der Waals surface area contributed by atoms with Gasteiger partial charge in [0.2, 0.25) is 0 Å². The van der Waals surface area contributed by atoms with E-state index in [1.807, 2.05) is 60.7 Å². The molecule has 3 aliphatic heterocycles. The molecule has 3 aliphatic rings. The minimum absolute atomic E-state index is 0.117. The maximum Gasteiger partial charge on any atom is 0.264 e. The second-order valence-electron chi connectivity index (χ2n) is 8.97. The number of hydrogen-bond donors (Lipinski definition) is 0. The minimum atomic E-state index is -1.09. The van der Waals surface area contributed by atoms with E-state index in [4.69, 9.17) is 0 Å². The van der Waals surface area contributed by atoms with E-state index in [2.05, 4.69) is 15.4 Å². The van der Waals surface area contributed by atoms with Crippen molar-refractivity contribution in [2.24, 2.45) is 15.4 Å². The molecule has 3 amide bonds. The zero-order valence-corrected chi connectivity index (χ0v) is 19.5. The molecule has 10 heteroatoms. The number of anilines is 1. The zero-order valence-electron chi connectivity index (χ0n) is 19.5. The van der Waals surface area contributed by atoms with Crippen molar-refractivity contribution in [3.05, 3.63) is 102 Å². The smallest absolute Gasteiger partial charge is 0.264 e. The quantitative estimate of drug-likeness (QED) is 0.505. The normalized spacial score (nSPS) is 22.6. The molecule has 3 aromatic carbocycles. The van der Waals surface area contributed by atoms with E-state index >= 15 is 0 Å². The van der Waals surface area contributed by atoms with E-state index in [0.717, 1.165) is 27.8 Å². The zero-order chi connectivity index (χ0) is 25.5. The molecule has 1 fully saturated rings. The van der Waals surface area contributed by atoms with Crippen LogP contribution in [0.4, 0.5) is 10.1 Å². The van der Waals surface area contributed by atoms with Crippen LogP contribution in [0.5, 0.6) is 0 Å². The fourth-order valence-corrected chi connectivity index (χ4v) is 4.91. The second kappa shape index (κ2) is 9.05. The fraction of sp³-hybridized carbons (Fsp3) is 0.185. The van der Waals surface area contributed by atoms with Crippen LogP contribution in [0.2, 0.25) is 0 Å². The van der Waals surface area contributed by atoms with E-state index in [0.29, 0.717) is 6.42 Å². The van der Waals surface area contributed by atoms with Crippen molar-refractivity contribution in [2.75, 3.05) is 11.4 Å². The maximum absolute atomic E-state index is 13.8. The van der Waals surface area contributed by atoms with Crippen molar-refractivity contribution in [1.82, 2.24) is 10.0 Å². The Bertz CT molecular complexity index is 1440. The summed E-state index contributed by atoms with van der Waals surface area (Å²) in [6, 6.07) is 22.0.